The molecule has 4 aliphatic carbocycles. The summed E-state index contributed by atoms with van der Waals surface area (Å²) < 4.78 is 5.55. The summed E-state index contributed by atoms with van der Waals surface area (Å²) in [5.41, 5.74) is 0.103. The molecule has 4 rings (SSSR count). The Balaban J connectivity index is 1.63. The van der Waals surface area contributed by atoms with E-state index in [9.17, 15) is 9.59 Å². The topological polar surface area (TPSA) is 43.4 Å². The van der Waals surface area contributed by atoms with Crippen LogP contribution in [0, 0.1) is 40.4 Å². The van der Waals surface area contributed by atoms with Gasteiger partial charge in [-0.3, -0.25) is 9.59 Å². The molecule has 0 amide bonds. The number of esters is 1. The summed E-state index contributed by atoms with van der Waals surface area (Å²) in [7, 11) is 0. The average Bonchev–Trinajstić information content (AvgIpc) is 2.94. The Hall–Kier alpha value is -0.860. The molecule has 4 aliphatic rings. The molecular weight excluding hydrogens is 324 g/mol. The molecule has 0 saturated heterocycles. The zero-order valence-electron chi connectivity index (χ0n) is 17.1. The molecule has 4 saturated carbocycles. The molecule has 0 heterocycles. The number of carbonyl (C=O) groups is 2. The van der Waals surface area contributed by atoms with E-state index in [0.29, 0.717) is 29.0 Å². The Bertz CT molecular complexity index is 598. The smallest absolute Gasteiger partial charge is 0.302 e. The van der Waals surface area contributed by atoms with E-state index in [0.717, 1.165) is 25.2 Å². The van der Waals surface area contributed by atoms with Gasteiger partial charge in [-0.2, -0.15) is 0 Å². The van der Waals surface area contributed by atoms with Crippen LogP contribution >= 0.6 is 0 Å². The summed E-state index contributed by atoms with van der Waals surface area (Å²) in [6.45, 7) is 8.20. The van der Waals surface area contributed by atoms with Gasteiger partial charge in [0.15, 0.2) is 0 Å². The summed E-state index contributed by atoms with van der Waals surface area (Å²) in [6, 6.07) is 0. The molecule has 3 nitrogen and oxygen atoms in total. The van der Waals surface area contributed by atoms with Crippen LogP contribution in [0.25, 0.3) is 0 Å². The number of ether oxygens (including phenoxy) is 1. The lowest BCUT2D eigenvalue weighted by Gasteiger charge is -2.60. The molecule has 3 heteroatoms. The van der Waals surface area contributed by atoms with Crippen LogP contribution in [0.5, 0.6) is 0 Å². The third-order valence-electron chi connectivity index (χ3n) is 9.43. The number of ketones is 1. The second-order valence-corrected chi connectivity index (χ2v) is 10.3. The van der Waals surface area contributed by atoms with Crippen molar-refractivity contribution in [2.24, 2.45) is 40.4 Å². The maximum Gasteiger partial charge on any atom is 0.302 e. The number of Topliss-reactive ketones (excluding diaryl/α,β-unsaturated/α-hetero) is 1. The van der Waals surface area contributed by atoms with E-state index < -0.39 is 0 Å². The highest BCUT2D eigenvalue weighted by molar-refractivity contribution is 5.87. The van der Waals surface area contributed by atoms with Crippen molar-refractivity contribution >= 4 is 11.8 Å². The van der Waals surface area contributed by atoms with Gasteiger partial charge in [-0.25, -0.2) is 0 Å². The fourth-order valence-corrected chi connectivity index (χ4v) is 8.13. The zero-order valence-corrected chi connectivity index (χ0v) is 17.1. The predicted molar refractivity (Wildman–Crippen MR) is 101 cm³/mol. The van der Waals surface area contributed by atoms with E-state index in [1.54, 1.807) is 0 Å². The first-order chi connectivity index (χ1) is 12.3. The van der Waals surface area contributed by atoms with Crippen LogP contribution in [0.15, 0.2) is 0 Å². The Morgan fingerprint density at radius 2 is 1.85 bits per heavy atom. The minimum Gasteiger partial charge on any atom is -0.463 e. The first-order valence-electron chi connectivity index (χ1n) is 11.0. The van der Waals surface area contributed by atoms with Gasteiger partial charge in [-0.05, 0) is 74.5 Å². The van der Waals surface area contributed by atoms with Gasteiger partial charge in [0.25, 0.3) is 0 Å². The summed E-state index contributed by atoms with van der Waals surface area (Å²) in [4.78, 5) is 25.0. The Morgan fingerprint density at radius 1 is 1.08 bits per heavy atom. The summed E-state index contributed by atoms with van der Waals surface area (Å²) in [5.74, 6) is 3.07. The monoisotopic (exact) mass is 360 g/mol. The maximum absolute atomic E-state index is 13.5. The van der Waals surface area contributed by atoms with Crippen molar-refractivity contribution < 1.29 is 14.3 Å². The fraction of sp³-hybridized carbons (Fsp3) is 0.913. The third-order valence-corrected chi connectivity index (χ3v) is 9.43. The number of carbonyl (C=O) groups excluding carboxylic acids is 2. The number of hydrogen-bond donors (Lipinski definition) is 0. The van der Waals surface area contributed by atoms with Crippen LogP contribution in [0.3, 0.4) is 0 Å². The molecular formula is C23H36O3. The van der Waals surface area contributed by atoms with Crippen molar-refractivity contribution in [1.29, 1.82) is 0 Å². The normalized spacial score (nSPS) is 48.9. The highest BCUT2D eigenvalue weighted by atomic mass is 16.5. The van der Waals surface area contributed by atoms with Gasteiger partial charge < -0.3 is 4.74 Å². The molecule has 0 aromatic heterocycles. The van der Waals surface area contributed by atoms with E-state index in [2.05, 4.69) is 13.8 Å². The number of fused-ring (bicyclic) bond motifs is 5. The highest BCUT2D eigenvalue weighted by Gasteiger charge is 2.64. The molecule has 8 atom stereocenters. The Kier molecular flexibility index (Phi) is 4.51. The van der Waals surface area contributed by atoms with Crippen molar-refractivity contribution in [2.75, 3.05) is 0 Å². The van der Waals surface area contributed by atoms with Crippen molar-refractivity contribution in [3.8, 4) is 0 Å². The number of hydrogen-bond acceptors (Lipinski definition) is 3. The SMILES string of the molecule is CC(=O)OC(C)[C@H]1CC[C@H]2[C@@H]3CC[C@H]4CCCC[C@]4(C)[C@H]3CC(=O)[C@]12C. The van der Waals surface area contributed by atoms with Crippen LogP contribution in [0.2, 0.25) is 0 Å². The first kappa shape index (κ1) is 18.5. The minimum atomic E-state index is -0.284. The van der Waals surface area contributed by atoms with Crippen LogP contribution in [0.1, 0.15) is 85.5 Å². The van der Waals surface area contributed by atoms with E-state index >= 15 is 0 Å². The van der Waals surface area contributed by atoms with Gasteiger partial charge in [0, 0.05) is 24.7 Å². The summed E-state index contributed by atoms with van der Waals surface area (Å²) >= 11 is 0. The van der Waals surface area contributed by atoms with Gasteiger partial charge in [0.1, 0.15) is 11.9 Å². The molecule has 0 aromatic rings. The van der Waals surface area contributed by atoms with E-state index in [1.807, 2.05) is 6.92 Å². The predicted octanol–water partition coefficient (Wildman–Crippen LogP) is 5.17. The van der Waals surface area contributed by atoms with Gasteiger partial charge >= 0.3 is 5.97 Å². The summed E-state index contributed by atoms with van der Waals surface area (Å²) in [5, 5.41) is 0. The molecule has 0 aliphatic heterocycles. The van der Waals surface area contributed by atoms with Crippen molar-refractivity contribution in [1.82, 2.24) is 0 Å². The highest BCUT2D eigenvalue weighted by Crippen LogP contribution is 2.66. The van der Waals surface area contributed by atoms with Crippen molar-refractivity contribution in [3.63, 3.8) is 0 Å². The Labute approximate surface area is 158 Å². The van der Waals surface area contributed by atoms with Crippen LogP contribution in [-0.2, 0) is 14.3 Å². The van der Waals surface area contributed by atoms with E-state index in [4.69, 9.17) is 4.74 Å². The molecule has 1 unspecified atom stereocenters. The standard InChI is InChI=1S/C23H36O3/c1-14(26-15(2)24)18-10-11-19-17-9-8-16-7-5-6-12-22(16,3)20(17)13-21(25)23(18,19)4/h14,16-20H,5-13H2,1-4H3/t14?,16-,17+,18-,19+,20+,22+,23-/m1/s1. The minimum absolute atomic E-state index is 0.149. The van der Waals surface area contributed by atoms with Crippen molar-refractivity contribution in [3.05, 3.63) is 0 Å². The largest absolute Gasteiger partial charge is 0.463 e. The van der Waals surface area contributed by atoms with Crippen LogP contribution in [-0.4, -0.2) is 17.9 Å². The van der Waals surface area contributed by atoms with E-state index in [-0.39, 0.29) is 23.4 Å². The van der Waals surface area contributed by atoms with E-state index in [1.165, 1.54) is 45.4 Å². The molecule has 26 heavy (non-hydrogen) atoms. The molecule has 0 N–H and O–H groups in total. The third kappa shape index (κ3) is 2.52. The zero-order chi connectivity index (χ0) is 18.7. The maximum atomic E-state index is 13.5. The van der Waals surface area contributed by atoms with Gasteiger partial charge in [0.05, 0.1) is 0 Å². The lowest BCUT2D eigenvalue weighted by Crippen LogP contribution is -2.57. The molecule has 4 fully saturated rings. The second-order valence-electron chi connectivity index (χ2n) is 10.3. The quantitative estimate of drug-likeness (QED) is 0.638. The second kappa shape index (κ2) is 6.34. The van der Waals surface area contributed by atoms with Gasteiger partial charge in [0.2, 0.25) is 0 Å². The van der Waals surface area contributed by atoms with Gasteiger partial charge in [-0.1, -0.05) is 26.7 Å². The Morgan fingerprint density at radius 3 is 2.58 bits per heavy atom. The average molecular weight is 361 g/mol. The molecule has 0 radical (unpaired) electrons. The lowest BCUT2D eigenvalue weighted by molar-refractivity contribution is -0.165. The number of rotatable bonds is 2. The first-order valence-corrected chi connectivity index (χ1v) is 11.0. The molecule has 0 spiro atoms. The van der Waals surface area contributed by atoms with Crippen molar-refractivity contribution in [2.45, 2.75) is 91.6 Å². The van der Waals surface area contributed by atoms with Gasteiger partial charge in [-0.15, -0.1) is 0 Å². The summed E-state index contributed by atoms with van der Waals surface area (Å²) in [6.07, 6.45) is 10.9. The fourth-order valence-electron chi connectivity index (χ4n) is 8.13. The molecule has 0 aromatic carbocycles. The molecule has 0 bridgehead atoms. The van der Waals surface area contributed by atoms with Crippen LogP contribution in [0.4, 0.5) is 0 Å². The van der Waals surface area contributed by atoms with Crippen LogP contribution < -0.4 is 0 Å². The lowest BCUT2D eigenvalue weighted by atomic mass is 9.44. The molecule has 146 valence electrons.